The van der Waals surface area contributed by atoms with Gasteiger partial charge in [-0.2, -0.15) is 0 Å². The minimum absolute atomic E-state index is 0.0441. The third-order valence-corrected chi connectivity index (χ3v) is 3.37. The quantitative estimate of drug-likeness (QED) is 0.873. The van der Waals surface area contributed by atoms with Crippen molar-refractivity contribution in [1.29, 1.82) is 0 Å². The van der Waals surface area contributed by atoms with E-state index in [4.69, 9.17) is 17.3 Å². The standard InChI is InChI=1S/C14H20ClFN2O/c1-4-7-14(3,17)13(19)18-9(2)10-5-6-12(16)11(15)8-10/h5-6,8-9H,4,7,17H2,1-3H3,(H,18,19). The van der Waals surface area contributed by atoms with Gasteiger partial charge in [-0.05, 0) is 38.0 Å². The van der Waals surface area contributed by atoms with Gasteiger partial charge in [0, 0.05) is 0 Å². The number of amides is 1. The Morgan fingerprint density at radius 2 is 2.21 bits per heavy atom. The molecule has 0 heterocycles. The lowest BCUT2D eigenvalue weighted by molar-refractivity contribution is -0.126. The fourth-order valence-corrected chi connectivity index (χ4v) is 2.05. The van der Waals surface area contributed by atoms with E-state index < -0.39 is 11.4 Å². The first kappa shape index (κ1) is 15.9. The molecule has 0 aliphatic rings. The zero-order valence-electron chi connectivity index (χ0n) is 11.5. The molecule has 0 aliphatic carbocycles. The van der Waals surface area contributed by atoms with Crippen molar-refractivity contribution in [3.8, 4) is 0 Å². The zero-order valence-corrected chi connectivity index (χ0v) is 12.2. The third kappa shape index (κ3) is 4.18. The number of halogens is 2. The van der Waals surface area contributed by atoms with Gasteiger partial charge in [0.1, 0.15) is 5.82 Å². The second kappa shape index (κ2) is 6.35. The van der Waals surface area contributed by atoms with E-state index in [1.54, 1.807) is 13.0 Å². The molecule has 0 saturated heterocycles. The van der Waals surface area contributed by atoms with E-state index >= 15 is 0 Å². The van der Waals surface area contributed by atoms with E-state index in [2.05, 4.69) is 5.32 Å². The predicted octanol–water partition coefficient (Wildman–Crippen LogP) is 3.17. The summed E-state index contributed by atoms with van der Waals surface area (Å²) in [5.41, 5.74) is 5.80. The molecular formula is C14H20ClFN2O. The molecule has 19 heavy (non-hydrogen) atoms. The van der Waals surface area contributed by atoms with Crippen LogP contribution in [0.1, 0.15) is 45.2 Å². The maximum Gasteiger partial charge on any atom is 0.240 e. The van der Waals surface area contributed by atoms with Crippen LogP contribution in [0.15, 0.2) is 18.2 Å². The number of carbonyl (C=O) groups is 1. The Bertz CT molecular complexity index is 463. The van der Waals surface area contributed by atoms with Gasteiger partial charge in [-0.15, -0.1) is 0 Å². The van der Waals surface area contributed by atoms with Crippen molar-refractivity contribution in [3.63, 3.8) is 0 Å². The lowest BCUT2D eigenvalue weighted by Crippen LogP contribution is -2.52. The van der Waals surface area contributed by atoms with Gasteiger partial charge in [0.2, 0.25) is 5.91 Å². The summed E-state index contributed by atoms with van der Waals surface area (Å²) >= 11 is 5.72. The van der Waals surface area contributed by atoms with Gasteiger partial charge in [0.05, 0.1) is 16.6 Å². The number of hydrogen-bond acceptors (Lipinski definition) is 2. The molecule has 5 heteroatoms. The molecular weight excluding hydrogens is 267 g/mol. The van der Waals surface area contributed by atoms with Crippen molar-refractivity contribution in [2.45, 2.75) is 45.2 Å². The smallest absolute Gasteiger partial charge is 0.240 e. The van der Waals surface area contributed by atoms with Crippen molar-refractivity contribution >= 4 is 17.5 Å². The fraction of sp³-hybridized carbons (Fsp3) is 0.500. The Kier molecular flexibility index (Phi) is 5.32. The highest BCUT2D eigenvalue weighted by Gasteiger charge is 2.28. The van der Waals surface area contributed by atoms with Crippen molar-refractivity contribution < 1.29 is 9.18 Å². The molecule has 0 spiro atoms. The first-order valence-corrected chi connectivity index (χ1v) is 6.70. The Labute approximate surface area is 118 Å². The van der Waals surface area contributed by atoms with Crippen LogP contribution in [0.5, 0.6) is 0 Å². The molecule has 0 saturated carbocycles. The van der Waals surface area contributed by atoms with E-state index in [1.165, 1.54) is 12.1 Å². The van der Waals surface area contributed by atoms with E-state index in [1.807, 2.05) is 13.8 Å². The van der Waals surface area contributed by atoms with Crippen molar-refractivity contribution in [2.75, 3.05) is 0 Å². The minimum atomic E-state index is -0.896. The van der Waals surface area contributed by atoms with Crippen LogP contribution < -0.4 is 11.1 Å². The monoisotopic (exact) mass is 286 g/mol. The number of nitrogens with two attached hydrogens (primary N) is 1. The Morgan fingerprint density at radius 1 is 1.58 bits per heavy atom. The molecule has 2 atom stereocenters. The first-order chi connectivity index (χ1) is 8.77. The van der Waals surface area contributed by atoms with E-state index in [0.29, 0.717) is 6.42 Å². The fourth-order valence-electron chi connectivity index (χ4n) is 1.86. The summed E-state index contributed by atoms with van der Waals surface area (Å²) in [5, 5.41) is 2.87. The molecule has 0 aromatic heterocycles. The van der Waals surface area contributed by atoms with Crippen LogP contribution in [0, 0.1) is 5.82 Å². The van der Waals surface area contributed by atoms with E-state index in [9.17, 15) is 9.18 Å². The topological polar surface area (TPSA) is 55.1 Å². The van der Waals surface area contributed by atoms with Gasteiger partial charge in [0.25, 0.3) is 0 Å². The molecule has 1 aromatic rings. The summed E-state index contributed by atoms with van der Waals surface area (Å²) < 4.78 is 13.1. The van der Waals surface area contributed by atoms with Crippen molar-refractivity contribution in [2.24, 2.45) is 5.73 Å². The van der Waals surface area contributed by atoms with Crippen LogP contribution in [0.2, 0.25) is 5.02 Å². The van der Waals surface area contributed by atoms with Crippen LogP contribution in [0.25, 0.3) is 0 Å². The number of nitrogens with one attached hydrogen (secondary N) is 1. The summed E-state index contributed by atoms with van der Waals surface area (Å²) in [6, 6.07) is 4.12. The van der Waals surface area contributed by atoms with Crippen molar-refractivity contribution in [3.05, 3.63) is 34.6 Å². The lowest BCUT2D eigenvalue weighted by atomic mass is 9.95. The number of rotatable bonds is 5. The van der Waals surface area contributed by atoms with Gasteiger partial charge < -0.3 is 11.1 Å². The average Bonchev–Trinajstić information content (AvgIpc) is 2.32. The Hall–Kier alpha value is -1.13. The molecule has 3 N–H and O–H groups in total. The largest absolute Gasteiger partial charge is 0.348 e. The number of benzene rings is 1. The lowest BCUT2D eigenvalue weighted by Gasteiger charge is -2.25. The van der Waals surface area contributed by atoms with Gasteiger partial charge in [-0.1, -0.05) is 31.0 Å². The van der Waals surface area contributed by atoms with Crippen LogP contribution >= 0.6 is 11.6 Å². The summed E-state index contributed by atoms with van der Waals surface area (Å²) in [4.78, 5) is 12.0. The summed E-state index contributed by atoms with van der Waals surface area (Å²) in [5.74, 6) is -0.694. The van der Waals surface area contributed by atoms with Gasteiger partial charge in [0.15, 0.2) is 0 Å². The summed E-state index contributed by atoms with van der Waals surface area (Å²) in [6.07, 6.45) is 1.44. The van der Waals surface area contributed by atoms with Crippen LogP contribution in [-0.4, -0.2) is 11.4 Å². The van der Waals surface area contributed by atoms with Gasteiger partial charge in [-0.3, -0.25) is 4.79 Å². The second-order valence-corrected chi connectivity index (χ2v) is 5.44. The molecule has 0 radical (unpaired) electrons. The summed E-state index contributed by atoms with van der Waals surface area (Å²) in [7, 11) is 0. The molecule has 3 nitrogen and oxygen atoms in total. The average molecular weight is 287 g/mol. The highest BCUT2D eigenvalue weighted by Crippen LogP contribution is 2.21. The second-order valence-electron chi connectivity index (χ2n) is 5.04. The third-order valence-electron chi connectivity index (χ3n) is 3.08. The maximum atomic E-state index is 13.1. The van der Waals surface area contributed by atoms with Crippen molar-refractivity contribution in [1.82, 2.24) is 5.32 Å². The Morgan fingerprint density at radius 3 is 2.74 bits per heavy atom. The van der Waals surface area contributed by atoms with E-state index in [-0.39, 0.29) is 17.0 Å². The zero-order chi connectivity index (χ0) is 14.6. The molecule has 2 unspecified atom stereocenters. The molecule has 0 fully saturated rings. The highest BCUT2D eigenvalue weighted by atomic mass is 35.5. The number of carbonyl (C=O) groups excluding carboxylic acids is 1. The Balaban J connectivity index is 2.76. The SMILES string of the molecule is CCCC(C)(N)C(=O)NC(C)c1ccc(F)c(Cl)c1. The molecule has 1 aromatic carbocycles. The van der Waals surface area contributed by atoms with Gasteiger partial charge >= 0.3 is 0 Å². The summed E-state index contributed by atoms with van der Waals surface area (Å²) in [6.45, 7) is 5.49. The minimum Gasteiger partial charge on any atom is -0.348 e. The normalized spacial score (nSPS) is 15.7. The van der Waals surface area contributed by atoms with Crippen LogP contribution in [-0.2, 0) is 4.79 Å². The molecule has 0 aliphatic heterocycles. The van der Waals surface area contributed by atoms with Crippen LogP contribution in [0.4, 0.5) is 4.39 Å². The molecule has 1 amide bonds. The molecule has 0 bridgehead atoms. The maximum absolute atomic E-state index is 13.1. The van der Waals surface area contributed by atoms with E-state index in [0.717, 1.165) is 12.0 Å². The molecule has 106 valence electrons. The van der Waals surface area contributed by atoms with Gasteiger partial charge in [-0.25, -0.2) is 4.39 Å². The first-order valence-electron chi connectivity index (χ1n) is 6.32. The highest BCUT2D eigenvalue weighted by molar-refractivity contribution is 6.30. The number of hydrogen-bond donors (Lipinski definition) is 2. The molecule has 1 rings (SSSR count). The predicted molar refractivity (Wildman–Crippen MR) is 75.5 cm³/mol. The van der Waals surface area contributed by atoms with Crippen LogP contribution in [0.3, 0.4) is 0 Å².